The summed E-state index contributed by atoms with van der Waals surface area (Å²) in [5.74, 6) is 0.997. The predicted molar refractivity (Wildman–Crippen MR) is 75.8 cm³/mol. The van der Waals surface area contributed by atoms with Crippen LogP contribution in [0.15, 0.2) is 24.3 Å². The molecule has 1 aliphatic heterocycles. The third-order valence-corrected chi connectivity index (χ3v) is 4.15. The summed E-state index contributed by atoms with van der Waals surface area (Å²) in [6.45, 7) is 0.673. The Hall–Kier alpha value is -1.10. The third-order valence-electron chi connectivity index (χ3n) is 4.15. The highest BCUT2D eigenvalue weighted by molar-refractivity contribution is 5.30. The highest BCUT2D eigenvalue weighted by Gasteiger charge is 2.23. The molecule has 2 aliphatic rings. The largest absolute Gasteiger partial charge is 0.490 e. The molecule has 1 aliphatic carbocycles. The molecule has 0 bridgehead atoms. The molecule has 0 aromatic heterocycles. The van der Waals surface area contributed by atoms with Crippen molar-refractivity contribution in [2.75, 3.05) is 6.54 Å². The Morgan fingerprint density at radius 3 is 2.47 bits per heavy atom. The van der Waals surface area contributed by atoms with Gasteiger partial charge in [-0.25, -0.2) is 5.43 Å². The van der Waals surface area contributed by atoms with Gasteiger partial charge >= 0.3 is 0 Å². The molecule has 1 heterocycles. The van der Waals surface area contributed by atoms with Crippen molar-refractivity contribution in [3.63, 3.8) is 0 Å². The van der Waals surface area contributed by atoms with Gasteiger partial charge in [0.15, 0.2) is 0 Å². The van der Waals surface area contributed by atoms with Crippen LogP contribution in [-0.4, -0.2) is 18.7 Å². The van der Waals surface area contributed by atoms with Crippen molar-refractivity contribution in [3.8, 4) is 5.75 Å². The molecule has 1 saturated heterocycles. The van der Waals surface area contributed by atoms with E-state index in [0.717, 1.165) is 12.2 Å². The maximum absolute atomic E-state index is 5.98. The third kappa shape index (κ3) is 3.08. The normalized spacial score (nSPS) is 27.8. The van der Waals surface area contributed by atoms with Crippen molar-refractivity contribution in [3.05, 3.63) is 29.8 Å². The highest BCUT2D eigenvalue weighted by atomic mass is 16.5. The molecular weight excluding hydrogens is 238 g/mol. The average molecular weight is 261 g/mol. The van der Waals surface area contributed by atoms with Crippen molar-refractivity contribution in [1.29, 1.82) is 0 Å². The zero-order valence-corrected chi connectivity index (χ0v) is 11.3. The molecule has 1 saturated carbocycles. The lowest BCUT2D eigenvalue weighted by molar-refractivity contribution is 0.210. The van der Waals surface area contributed by atoms with Crippen LogP contribution in [0.3, 0.4) is 0 Å². The lowest BCUT2D eigenvalue weighted by atomic mass is 10.0. The highest BCUT2D eigenvalue weighted by Crippen LogP contribution is 2.27. The Morgan fingerprint density at radius 2 is 1.84 bits per heavy atom. The van der Waals surface area contributed by atoms with E-state index in [0.29, 0.717) is 24.7 Å². The molecule has 2 atom stereocenters. The standard InChI is InChI=1S/C15H23N3O/c16-10-12-9-15(18-17-12)11-5-7-14(8-6-11)19-13-3-1-2-4-13/h5-8,12-13,15,17-18H,1-4,9-10,16H2. The maximum Gasteiger partial charge on any atom is 0.119 e. The number of nitrogens with one attached hydrogen (secondary N) is 2. The lowest BCUT2D eigenvalue weighted by Crippen LogP contribution is -2.35. The molecular formula is C15H23N3O. The number of rotatable bonds is 4. The zero-order chi connectivity index (χ0) is 13.1. The van der Waals surface area contributed by atoms with Gasteiger partial charge in [0, 0.05) is 18.6 Å². The van der Waals surface area contributed by atoms with E-state index in [1.54, 1.807) is 0 Å². The summed E-state index contributed by atoms with van der Waals surface area (Å²) >= 11 is 0. The topological polar surface area (TPSA) is 59.3 Å². The second-order valence-corrected chi connectivity index (χ2v) is 5.60. The Morgan fingerprint density at radius 1 is 1.11 bits per heavy atom. The van der Waals surface area contributed by atoms with Crippen LogP contribution in [0.4, 0.5) is 0 Å². The molecule has 19 heavy (non-hydrogen) atoms. The van der Waals surface area contributed by atoms with Gasteiger partial charge in [-0.05, 0) is 49.8 Å². The Balaban J connectivity index is 1.59. The molecule has 1 aromatic carbocycles. The first kappa shape index (κ1) is 12.9. The second-order valence-electron chi connectivity index (χ2n) is 5.60. The van der Waals surface area contributed by atoms with Gasteiger partial charge in [-0.2, -0.15) is 0 Å². The van der Waals surface area contributed by atoms with Gasteiger partial charge in [-0.15, -0.1) is 0 Å². The summed E-state index contributed by atoms with van der Waals surface area (Å²) in [6, 6.07) is 9.22. The average Bonchev–Trinajstić information content (AvgIpc) is 3.10. The van der Waals surface area contributed by atoms with E-state index in [1.165, 1.54) is 31.2 Å². The van der Waals surface area contributed by atoms with Crippen LogP contribution in [0.5, 0.6) is 5.75 Å². The first-order valence-corrected chi connectivity index (χ1v) is 7.33. The van der Waals surface area contributed by atoms with E-state index in [1.807, 2.05) is 0 Å². The molecule has 4 heteroatoms. The molecule has 2 unspecified atom stereocenters. The minimum absolute atomic E-state index is 0.356. The molecule has 0 amide bonds. The molecule has 1 aromatic rings. The van der Waals surface area contributed by atoms with Crippen molar-refractivity contribution >= 4 is 0 Å². The van der Waals surface area contributed by atoms with Crippen LogP contribution < -0.4 is 21.3 Å². The molecule has 0 radical (unpaired) electrons. The molecule has 0 spiro atoms. The van der Waals surface area contributed by atoms with Crippen molar-refractivity contribution in [2.24, 2.45) is 5.73 Å². The number of hydrogen-bond acceptors (Lipinski definition) is 4. The fourth-order valence-corrected chi connectivity index (χ4v) is 2.97. The minimum atomic E-state index is 0.356. The van der Waals surface area contributed by atoms with Crippen LogP contribution in [0, 0.1) is 0 Å². The van der Waals surface area contributed by atoms with Crippen LogP contribution in [0.1, 0.15) is 43.7 Å². The van der Waals surface area contributed by atoms with Crippen LogP contribution in [0.25, 0.3) is 0 Å². The second kappa shape index (κ2) is 5.90. The van der Waals surface area contributed by atoms with Gasteiger partial charge in [-0.1, -0.05) is 12.1 Å². The number of ether oxygens (including phenoxy) is 1. The number of hydrogen-bond donors (Lipinski definition) is 3. The van der Waals surface area contributed by atoms with Crippen LogP contribution in [0.2, 0.25) is 0 Å². The van der Waals surface area contributed by atoms with Gasteiger partial charge in [-0.3, -0.25) is 5.43 Å². The minimum Gasteiger partial charge on any atom is -0.490 e. The van der Waals surface area contributed by atoms with Gasteiger partial charge in [0.2, 0.25) is 0 Å². The van der Waals surface area contributed by atoms with E-state index in [-0.39, 0.29) is 0 Å². The fraction of sp³-hybridized carbons (Fsp3) is 0.600. The molecule has 4 nitrogen and oxygen atoms in total. The number of benzene rings is 1. The Kier molecular flexibility index (Phi) is 4.01. The smallest absolute Gasteiger partial charge is 0.119 e. The molecule has 4 N–H and O–H groups in total. The summed E-state index contributed by atoms with van der Waals surface area (Å²) in [6.07, 6.45) is 6.49. The van der Waals surface area contributed by atoms with Crippen LogP contribution >= 0.6 is 0 Å². The predicted octanol–water partition coefficient (Wildman–Crippen LogP) is 1.87. The lowest BCUT2D eigenvalue weighted by Gasteiger charge is -2.15. The Labute approximate surface area is 114 Å². The fourth-order valence-electron chi connectivity index (χ4n) is 2.97. The molecule has 104 valence electrons. The SMILES string of the molecule is NCC1CC(c2ccc(OC3CCCC3)cc2)NN1. The summed E-state index contributed by atoms with van der Waals surface area (Å²) < 4.78 is 5.98. The monoisotopic (exact) mass is 261 g/mol. The number of nitrogens with two attached hydrogens (primary N) is 1. The van der Waals surface area contributed by atoms with Crippen LogP contribution in [-0.2, 0) is 0 Å². The van der Waals surface area contributed by atoms with E-state index in [4.69, 9.17) is 10.5 Å². The van der Waals surface area contributed by atoms with Crippen molar-refractivity contribution in [2.45, 2.75) is 50.3 Å². The first-order chi connectivity index (χ1) is 9.35. The van der Waals surface area contributed by atoms with Gasteiger partial charge in [0.05, 0.1) is 6.10 Å². The van der Waals surface area contributed by atoms with E-state index >= 15 is 0 Å². The summed E-state index contributed by atoms with van der Waals surface area (Å²) in [5, 5.41) is 0. The van der Waals surface area contributed by atoms with Gasteiger partial charge in [0.25, 0.3) is 0 Å². The van der Waals surface area contributed by atoms with E-state index < -0.39 is 0 Å². The Bertz CT molecular complexity index is 400. The molecule has 3 rings (SSSR count). The molecule has 2 fully saturated rings. The summed E-state index contributed by atoms with van der Waals surface area (Å²) in [7, 11) is 0. The zero-order valence-electron chi connectivity index (χ0n) is 11.3. The first-order valence-electron chi connectivity index (χ1n) is 7.33. The maximum atomic E-state index is 5.98. The van der Waals surface area contributed by atoms with Gasteiger partial charge < -0.3 is 10.5 Å². The van der Waals surface area contributed by atoms with Crippen molar-refractivity contribution in [1.82, 2.24) is 10.9 Å². The van der Waals surface area contributed by atoms with E-state index in [9.17, 15) is 0 Å². The summed E-state index contributed by atoms with van der Waals surface area (Å²) in [4.78, 5) is 0. The van der Waals surface area contributed by atoms with Gasteiger partial charge in [0.1, 0.15) is 5.75 Å². The summed E-state index contributed by atoms with van der Waals surface area (Å²) in [5.41, 5.74) is 13.5. The quantitative estimate of drug-likeness (QED) is 0.774. The number of hydrazine groups is 1. The van der Waals surface area contributed by atoms with Crippen molar-refractivity contribution < 1.29 is 4.74 Å². The van der Waals surface area contributed by atoms with E-state index in [2.05, 4.69) is 35.1 Å².